The second kappa shape index (κ2) is 6.74. The number of nitrogens with one attached hydrogen (secondary N) is 2. The predicted molar refractivity (Wildman–Crippen MR) is 92.9 cm³/mol. The first-order valence-corrected chi connectivity index (χ1v) is 7.82. The largest absolute Gasteiger partial charge is 0.312 e. The maximum atomic E-state index is 13.0. The zero-order valence-corrected chi connectivity index (χ0v) is 13.1. The fourth-order valence-corrected chi connectivity index (χ4v) is 3.06. The van der Waals surface area contributed by atoms with Gasteiger partial charge in [-0.1, -0.05) is 24.3 Å². The smallest absolute Gasteiger partial charge is 0.234 e. The van der Waals surface area contributed by atoms with Crippen molar-refractivity contribution >= 4 is 24.0 Å². The number of rotatable bonds is 5. The molecule has 3 rings (SSSR count). The van der Waals surface area contributed by atoms with Gasteiger partial charge in [0.25, 0.3) is 0 Å². The van der Waals surface area contributed by atoms with E-state index >= 15 is 0 Å². The summed E-state index contributed by atoms with van der Waals surface area (Å²) in [5, 5.41) is 14.6. The monoisotopic (exact) mass is 323 g/mol. The summed E-state index contributed by atoms with van der Waals surface area (Å²) in [4.78, 5) is 14.4. The molecule has 0 saturated carbocycles. The van der Waals surface area contributed by atoms with Gasteiger partial charge in [-0.3, -0.25) is 4.79 Å². The van der Waals surface area contributed by atoms with Crippen LogP contribution >= 0.6 is 0 Å². The molecule has 2 aromatic rings. The molecule has 0 bridgehead atoms. The molecule has 0 aliphatic carbocycles. The van der Waals surface area contributed by atoms with Gasteiger partial charge in [0.15, 0.2) is 0 Å². The molecular weight excluding hydrogens is 305 g/mol. The van der Waals surface area contributed by atoms with E-state index in [2.05, 4.69) is 0 Å². The number of carbonyl (C=O) groups is 1. The molecule has 122 valence electrons. The van der Waals surface area contributed by atoms with Gasteiger partial charge in [-0.25, -0.2) is 4.39 Å². The normalized spacial score (nSPS) is 18.5. The molecule has 0 aromatic heterocycles. The molecular formula is C19H18FN3O. The van der Waals surface area contributed by atoms with Crippen molar-refractivity contribution in [1.82, 2.24) is 0 Å². The van der Waals surface area contributed by atoms with E-state index in [1.165, 1.54) is 24.6 Å². The fraction of sp³-hybridized carbons (Fsp3) is 0.211. The summed E-state index contributed by atoms with van der Waals surface area (Å²) in [6, 6.07) is 13.5. The van der Waals surface area contributed by atoms with Crippen molar-refractivity contribution in [2.75, 3.05) is 11.4 Å². The Morgan fingerprint density at radius 2 is 1.67 bits per heavy atom. The van der Waals surface area contributed by atoms with Gasteiger partial charge in [0, 0.05) is 24.7 Å². The Bertz CT molecular complexity index is 747. The molecule has 2 N–H and O–H groups in total. The highest BCUT2D eigenvalue weighted by atomic mass is 19.1. The Morgan fingerprint density at radius 3 is 2.25 bits per heavy atom. The predicted octanol–water partition coefficient (Wildman–Crippen LogP) is 3.73. The van der Waals surface area contributed by atoms with Crippen LogP contribution in [0.2, 0.25) is 0 Å². The molecule has 1 amide bonds. The van der Waals surface area contributed by atoms with E-state index in [0.29, 0.717) is 13.0 Å². The minimum atomic E-state index is -0.333. The molecule has 1 aliphatic heterocycles. The third kappa shape index (κ3) is 2.97. The lowest BCUT2D eigenvalue weighted by Crippen LogP contribution is -2.26. The molecule has 5 heteroatoms. The average Bonchev–Trinajstić information content (AvgIpc) is 2.99. The summed E-state index contributed by atoms with van der Waals surface area (Å²) in [6.45, 7) is 0.624. The fourth-order valence-electron chi connectivity index (χ4n) is 3.06. The van der Waals surface area contributed by atoms with E-state index in [9.17, 15) is 9.18 Å². The minimum absolute atomic E-state index is 0.0185. The molecule has 24 heavy (non-hydrogen) atoms. The van der Waals surface area contributed by atoms with Gasteiger partial charge in [-0.15, -0.1) is 0 Å². The van der Waals surface area contributed by atoms with Crippen molar-refractivity contribution in [3.05, 3.63) is 65.5 Å². The number of carbonyl (C=O) groups excluding carboxylic acids is 1. The second-order valence-corrected chi connectivity index (χ2v) is 5.83. The van der Waals surface area contributed by atoms with Crippen LogP contribution in [0, 0.1) is 16.6 Å². The van der Waals surface area contributed by atoms with Crippen LogP contribution in [0.1, 0.15) is 29.4 Å². The Labute approximate surface area is 139 Å². The van der Waals surface area contributed by atoms with Gasteiger partial charge < -0.3 is 15.7 Å². The quantitative estimate of drug-likeness (QED) is 0.809. The van der Waals surface area contributed by atoms with E-state index in [1.54, 1.807) is 17.0 Å². The zero-order valence-electron chi connectivity index (χ0n) is 13.1. The van der Waals surface area contributed by atoms with Crippen LogP contribution < -0.4 is 4.90 Å². The van der Waals surface area contributed by atoms with Crippen molar-refractivity contribution in [2.24, 2.45) is 0 Å². The number of benzene rings is 2. The first-order valence-electron chi connectivity index (χ1n) is 7.82. The number of halogens is 1. The van der Waals surface area contributed by atoms with Gasteiger partial charge in [-0.05, 0) is 41.8 Å². The lowest BCUT2D eigenvalue weighted by molar-refractivity contribution is -0.118. The van der Waals surface area contributed by atoms with Crippen molar-refractivity contribution in [1.29, 1.82) is 10.8 Å². The van der Waals surface area contributed by atoms with Crippen molar-refractivity contribution in [2.45, 2.75) is 18.3 Å². The summed E-state index contributed by atoms with van der Waals surface area (Å²) in [5.74, 6) is -0.852. The summed E-state index contributed by atoms with van der Waals surface area (Å²) < 4.78 is 13.0. The Kier molecular flexibility index (Phi) is 4.51. The van der Waals surface area contributed by atoms with Crippen LogP contribution in [0.5, 0.6) is 0 Å². The van der Waals surface area contributed by atoms with E-state index in [0.717, 1.165) is 16.8 Å². The number of amides is 1. The highest BCUT2D eigenvalue weighted by Crippen LogP contribution is 2.32. The highest BCUT2D eigenvalue weighted by molar-refractivity contribution is 6.00. The molecule has 0 spiro atoms. The number of nitrogens with zero attached hydrogens (tertiary/aromatic N) is 1. The molecule has 1 aliphatic rings. The maximum Gasteiger partial charge on any atom is 0.234 e. The molecule has 1 heterocycles. The molecule has 4 nitrogen and oxygen atoms in total. The Hall–Kier alpha value is -2.82. The third-order valence-electron chi connectivity index (χ3n) is 4.43. The second-order valence-electron chi connectivity index (χ2n) is 5.83. The lowest BCUT2D eigenvalue weighted by atomic mass is 9.98. The van der Waals surface area contributed by atoms with Gasteiger partial charge in [-0.2, -0.15) is 0 Å². The van der Waals surface area contributed by atoms with E-state index in [4.69, 9.17) is 10.8 Å². The molecule has 0 radical (unpaired) electrons. The average molecular weight is 323 g/mol. The standard InChI is InChI=1S/C19H18FN3O/c20-16-5-1-14(2-6-16)18-9-10-23(19(18)24)17-7-3-13(4-8-17)15(11-21)12-22/h1-8,11-12,15,18,21-22H,9-10H2. The van der Waals surface area contributed by atoms with Crippen LogP contribution in [0.4, 0.5) is 10.1 Å². The topological polar surface area (TPSA) is 68.0 Å². The Morgan fingerprint density at radius 1 is 1.04 bits per heavy atom. The SMILES string of the molecule is N=CC(C=N)c1ccc(N2CCC(c3ccc(F)cc3)C2=O)cc1. The van der Waals surface area contributed by atoms with Crippen LogP contribution in [0.25, 0.3) is 0 Å². The Balaban J connectivity index is 1.78. The van der Waals surface area contributed by atoms with Crippen LogP contribution in [-0.4, -0.2) is 24.9 Å². The molecule has 1 unspecified atom stereocenters. The van der Waals surface area contributed by atoms with Crippen LogP contribution in [-0.2, 0) is 4.79 Å². The van der Waals surface area contributed by atoms with Gasteiger partial charge in [0.2, 0.25) is 5.91 Å². The van der Waals surface area contributed by atoms with Gasteiger partial charge in [0.1, 0.15) is 5.82 Å². The number of anilines is 1. The first-order chi connectivity index (χ1) is 11.6. The van der Waals surface area contributed by atoms with Crippen LogP contribution in [0.3, 0.4) is 0 Å². The minimum Gasteiger partial charge on any atom is -0.312 e. The van der Waals surface area contributed by atoms with Crippen molar-refractivity contribution < 1.29 is 9.18 Å². The maximum absolute atomic E-state index is 13.0. The van der Waals surface area contributed by atoms with E-state index in [1.807, 2.05) is 24.3 Å². The van der Waals surface area contributed by atoms with E-state index in [-0.39, 0.29) is 23.6 Å². The zero-order chi connectivity index (χ0) is 17.1. The molecule has 1 atom stereocenters. The molecule has 1 saturated heterocycles. The highest BCUT2D eigenvalue weighted by Gasteiger charge is 2.33. The summed E-state index contributed by atoms with van der Waals surface area (Å²) >= 11 is 0. The van der Waals surface area contributed by atoms with E-state index < -0.39 is 0 Å². The number of hydrogen-bond acceptors (Lipinski definition) is 3. The van der Waals surface area contributed by atoms with Crippen molar-refractivity contribution in [3.8, 4) is 0 Å². The van der Waals surface area contributed by atoms with Gasteiger partial charge in [0.05, 0.1) is 11.8 Å². The molecule has 2 aromatic carbocycles. The van der Waals surface area contributed by atoms with Crippen LogP contribution in [0.15, 0.2) is 48.5 Å². The summed E-state index contributed by atoms with van der Waals surface area (Å²) in [5.41, 5.74) is 2.50. The summed E-state index contributed by atoms with van der Waals surface area (Å²) in [7, 11) is 0. The lowest BCUT2D eigenvalue weighted by Gasteiger charge is -2.18. The summed E-state index contributed by atoms with van der Waals surface area (Å²) in [6.07, 6.45) is 3.14. The van der Waals surface area contributed by atoms with Gasteiger partial charge >= 0.3 is 0 Å². The van der Waals surface area contributed by atoms with Crippen molar-refractivity contribution in [3.63, 3.8) is 0 Å². The number of hydrogen-bond donors (Lipinski definition) is 2. The molecule has 1 fully saturated rings. The third-order valence-corrected chi connectivity index (χ3v) is 4.43. The first kappa shape index (κ1) is 16.1.